The Morgan fingerprint density at radius 3 is 2.40 bits per heavy atom. The zero-order chi connectivity index (χ0) is 26.1. The number of nitrogens with one attached hydrogen (secondary N) is 1. The van der Waals surface area contributed by atoms with E-state index in [1.807, 2.05) is 19.9 Å². The SMILES string of the molecule is CCOCCCN(C(=O)Nc1ccccc1OC)C(C)C(=O)c1c(C)c(C(=O)OC)n(CC)c1C. The van der Waals surface area contributed by atoms with Gasteiger partial charge in [0.25, 0.3) is 0 Å². The van der Waals surface area contributed by atoms with E-state index in [9.17, 15) is 14.4 Å². The van der Waals surface area contributed by atoms with Crippen molar-refractivity contribution in [2.75, 3.05) is 39.3 Å². The molecule has 1 heterocycles. The maximum absolute atomic E-state index is 13.7. The summed E-state index contributed by atoms with van der Waals surface area (Å²) in [6.45, 7) is 10.9. The van der Waals surface area contributed by atoms with Gasteiger partial charge in [-0.2, -0.15) is 0 Å². The summed E-state index contributed by atoms with van der Waals surface area (Å²) in [7, 11) is 2.84. The number of methoxy groups -OCH3 is 2. The molecule has 0 aliphatic heterocycles. The number of aromatic nitrogens is 1. The Hall–Kier alpha value is -3.33. The number of carbonyl (C=O) groups excluding carboxylic acids is 3. The van der Waals surface area contributed by atoms with Gasteiger partial charge in [0.2, 0.25) is 0 Å². The van der Waals surface area contributed by atoms with E-state index < -0.39 is 18.0 Å². The molecule has 192 valence electrons. The lowest BCUT2D eigenvalue weighted by molar-refractivity contribution is 0.0587. The largest absolute Gasteiger partial charge is 0.495 e. The maximum atomic E-state index is 13.7. The van der Waals surface area contributed by atoms with Gasteiger partial charge in [-0.25, -0.2) is 9.59 Å². The highest BCUT2D eigenvalue weighted by atomic mass is 16.5. The molecule has 0 bridgehead atoms. The summed E-state index contributed by atoms with van der Waals surface area (Å²) in [5.74, 6) is -0.228. The van der Waals surface area contributed by atoms with Crippen LogP contribution in [0.25, 0.3) is 0 Å². The average Bonchev–Trinajstić information content (AvgIpc) is 3.11. The number of amides is 2. The molecule has 1 unspecified atom stereocenters. The number of Topliss-reactive ketones (excluding diaryl/α,β-unsaturated/α-hetero) is 1. The van der Waals surface area contributed by atoms with Gasteiger partial charge in [-0.15, -0.1) is 0 Å². The number of carbonyl (C=O) groups is 3. The summed E-state index contributed by atoms with van der Waals surface area (Å²) in [5.41, 5.74) is 2.50. The Kier molecular flexibility index (Phi) is 10.3. The van der Waals surface area contributed by atoms with Crippen LogP contribution in [0.5, 0.6) is 5.75 Å². The molecule has 1 aromatic heterocycles. The van der Waals surface area contributed by atoms with Crippen molar-refractivity contribution in [2.24, 2.45) is 0 Å². The Morgan fingerprint density at radius 2 is 1.80 bits per heavy atom. The van der Waals surface area contributed by atoms with Crippen LogP contribution in [0.15, 0.2) is 24.3 Å². The van der Waals surface area contributed by atoms with E-state index in [0.29, 0.717) is 66.7 Å². The van der Waals surface area contributed by atoms with E-state index in [-0.39, 0.29) is 5.78 Å². The first-order valence-electron chi connectivity index (χ1n) is 11.8. The smallest absolute Gasteiger partial charge is 0.354 e. The van der Waals surface area contributed by atoms with Gasteiger partial charge in [0.1, 0.15) is 11.4 Å². The molecule has 0 aliphatic rings. The molecule has 0 spiro atoms. The molecule has 35 heavy (non-hydrogen) atoms. The maximum Gasteiger partial charge on any atom is 0.354 e. The average molecular weight is 488 g/mol. The van der Waals surface area contributed by atoms with Crippen molar-refractivity contribution in [2.45, 2.75) is 53.6 Å². The van der Waals surface area contributed by atoms with Gasteiger partial charge in [0.05, 0.1) is 25.9 Å². The second-order valence-corrected chi connectivity index (χ2v) is 8.08. The van der Waals surface area contributed by atoms with Crippen LogP contribution in [0.2, 0.25) is 0 Å². The summed E-state index contributed by atoms with van der Waals surface area (Å²) >= 11 is 0. The first kappa shape index (κ1) is 27.9. The minimum Gasteiger partial charge on any atom is -0.495 e. The van der Waals surface area contributed by atoms with Crippen molar-refractivity contribution in [3.8, 4) is 5.75 Å². The van der Waals surface area contributed by atoms with E-state index in [1.54, 1.807) is 43.5 Å². The molecule has 2 rings (SSSR count). The van der Waals surface area contributed by atoms with Crippen molar-refractivity contribution in [3.05, 3.63) is 46.8 Å². The van der Waals surface area contributed by atoms with Crippen molar-refractivity contribution >= 4 is 23.5 Å². The Bertz CT molecular complexity index is 1050. The second-order valence-electron chi connectivity index (χ2n) is 8.08. The summed E-state index contributed by atoms with van der Waals surface area (Å²) < 4.78 is 17.5. The number of esters is 1. The van der Waals surface area contributed by atoms with E-state index in [4.69, 9.17) is 14.2 Å². The first-order valence-corrected chi connectivity index (χ1v) is 11.8. The molecule has 1 aromatic carbocycles. The number of ketones is 1. The monoisotopic (exact) mass is 487 g/mol. The second kappa shape index (κ2) is 12.9. The fourth-order valence-electron chi connectivity index (χ4n) is 4.25. The summed E-state index contributed by atoms with van der Waals surface area (Å²) in [6.07, 6.45) is 0.562. The molecular formula is C26H37N3O6. The van der Waals surface area contributed by atoms with E-state index in [2.05, 4.69) is 5.32 Å². The molecule has 9 heteroatoms. The standard InChI is InChI=1S/C26H37N3O6/c1-8-28-18(4)22(17(3)23(28)25(31)34-7)24(30)19(5)29(15-12-16-35-9-2)26(32)27-20-13-10-11-14-21(20)33-6/h10-11,13-14,19H,8-9,12,15-16H2,1-7H3,(H,27,32). The van der Waals surface area contributed by atoms with E-state index in [1.165, 1.54) is 19.1 Å². The quantitative estimate of drug-likeness (QED) is 0.270. The topological polar surface area (TPSA) is 99.1 Å². The third-order valence-corrected chi connectivity index (χ3v) is 6.06. The van der Waals surface area contributed by atoms with E-state index >= 15 is 0 Å². The minimum atomic E-state index is -0.790. The van der Waals surface area contributed by atoms with Crippen LogP contribution in [0.3, 0.4) is 0 Å². The summed E-state index contributed by atoms with van der Waals surface area (Å²) in [6, 6.07) is 5.87. The number of anilines is 1. The third-order valence-electron chi connectivity index (χ3n) is 6.06. The molecule has 0 saturated heterocycles. The predicted molar refractivity (Wildman–Crippen MR) is 135 cm³/mol. The molecule has 2 amide bonds. The minimum absolute atomic E-state index is 0.246. The Morgan fingerprint density at radius 1 is 1.11 bits per heavy atom. The number of benzene rings is 1. The van der Waals surface area contributed by atoms with Gasteiger partial charge in [-0.1, -0.05) is 12.1 Å². The lowest BCUT2D eigenvalue weighted by Gasteiger charge is -2.29. The lowest BCUT2D eigenvalue weighted by Crippen LogP contribution is -2.46. The van der Waals surface area contributed by atoms with Gasteiger partial charge in [0, 0.05) is 37.6 Å². The van der Waals surface area contributed by atoms with E-state index in [0.717, 1.165) is 0 Å². The van der Waals surface area contributed by atoms with Gasteiger partial charge in [-0.05, 0) is 58.7 Å². The number of nitrogens with zero attached hydrogens (tertiary/aromatic N) is 2. The van der Waals surface area contributed by atoms with Crippen molar-refractivity contribution < 1.29 is 28.6 Å². The lowest BCUT2D eigenvalue weighted by atomic mass is 10.00. The van der Waals surface area contributed by atoms with Crippen molar-refractivity contribution in [1.29, 1.82) is 0 Å². The number of ether oxygens (including phenoxy) is 3. The fourth-order valence-corrected chi connectivity index (χ4v) is 4.25. The van der Waals surface area contributed by atoms with Gasteiger partial charge in [0.15, 0.2) is 5.78 Å². The molecule has 1 atom stereocenters. The molecular weight excluding hydrogens is 450 g/mol. The Labute approximate surface area is 207 Å². The highest BCUT2D eigenvalue weighted by Crippen LogP contribution is 2.27. The highest BCUT2D eigenvalue weighted by Gasteiger charge is 2.33. The zero-order valence-corrected chi connectivity index (χ0v) is 21.8. The summed E-state index contributed by atoms with van der Waals surface area (Å²) in [4.78, 5) is 41.0. The van der Waals surface area contributed by atoms with Crippen LogP contribution >= 0.6 is 0 Å². The zero-order valence-electron chi connectivity index (χ0n) is 21.8. The normalized spacial score (nSPS) is 11.6. The molecule has 0 radical (unpaired) electrons. The first-order chi connectivity index (χ1) is 16.7. The van der Waals surface area contributed by atoms with Crippen LogP contribution in [0, 0.1) is 13.8 Å². The number of rotatable bonds is 12. The van der Waals surface area contributed by atoms with Crippen LogP contribution in [-0.2, 0) is 16.0 Å². The van der Waals surface area contributed by atoms with Gasteiger partial charge < -0.3 is 29.0 Å². The molecule has 9 nitrogen and oxygen atoms in total. The predicted octanol–water partition coefficient (Wildman–Crippen LogP) is 4.45. The van der Waals surface area contributed by atoms with Gasteiger partial charge in [-0.3, -0.25) is 4.79 Å². The van der Waals surface area contributed by atoms with Gasteiger partial charge >= 0.3 is 12.0 Å². The van der Waals surface area contributed by atoms with Crippen LogP contribution in [0.1, 0.15) is 59.3 Å². The number of para-hydroxylation sites is 2. The highest BCUT2D eigenvalue weighted by molar-refractivity contribution is 6.07. The summed E-state index contributed by atoms with van der Waals surface area (Å²) in [5, 5.41) is 2.86. The number of hydrogen-bond donors (Lipinski definition) is 1. The fraction of sp³-hybridized carbons (Fsp3) is 0.500. The van der Waals surface area contributed by atoms with Crippen LogP contribution in [0.4, 0.5) is 10.5 Å². The third kappa shape index (κ3) is 6.22. The Balaban J connectivity index is 2.41. The van der Waals surface area contributed by atoms with Crippen LogP contribution in [-0.4, -0.2) is 67.3 Å². The number of urea groups is 1. The molecule has 0 aliphatic carbocycles. The molecule has 0 saturated carbocycles. The molecule has 1 N–H and O–H groups in total. The van der Waals surface area contributed by atoms with Crippen molar-refractivity contribution in [1.82, 2.24) is 9.47 Å². The molecule has 2 aromatic rings. The van der Waals surface area contributed by atoms with Crippen molar-refractivity contribution in [3.63, 3.8) is 0 Å². The molecule has 0 fully saturated rings. The number of hydrogen-bond acceptors (Lipinski definition) is 6. The van der Waals surface area contributed by atoms with Crippen LogP contribution < -0.4 is 10.1 Å².